The Bertz CT molecular complexity index is 1010. The summed E-state index contributed by atoms with van der Waals surface area (Å²) in [5, 5.41) is 0.487. The molecule has 1 N–H and O–H groups in total. The molecule has 1 heterocycles. The minimum absolute atomic E-state index is 0.283. The lowest BCUT2D eigenvalue weighted by atomic mass is 10.1. The van der Waals surface area contributed by atoms with Crippen molar-refractivity contribution in [3.63, 3.8) is 0 Å². The summed E-state index contributed by atoms with van der Waals surface area (Å²) in [6.07, 6.45) is 1.72. The first-order chi connectivity index (χ1) is 13.6. The number of halogens is 1. The Morgan fingerprint density at radius 3 is 2.29 bits per heavy atom. The van der Waals surface area contributed by atoms with Gasteiger partial charge in [0.25, 0.3) is 0 Å². The summed E-state index contributed by atoms with van der Waals surface area (Å²) in [6.45, 7) is 7.25. The lowest BCUT2D eigenvalue weighted by molar-refractivity contribution is 0.329. The normalized spacial score (nSPS) is 10.7. The molecule has 0 amide bonds. The zero-order valence-corrected chi connectivity index (χ0v) is 16.9. The number of benzene rings is 2. The minimum Gasteiger partial charge on any atom is -0.494 e. The van der Waals surface area contributed by atoms with Gasteiger partial charge in [0.1, 0.15) is 17.2 Å². The Hall–Kier alpha value is -2.86. The van der Waals surface area contributed by atoms with Crippen molar-refractivity contribution in [1.82, 2.24) is 9.55 Å². The molecule has 0 aliphatic carbocycles. The van der Waals surface area contributed by atoms with Gasteiger partial charge in [0.2, 0.25) is 0 Å². The molecule has 0 aliphatic rings. The van der Waals surface area contributed by atoms with Crippen LogP contribution in [-0.4, -0.2) is 29.4 Å². The fourth-order valence-electron chi connectivity index (χ4n) is 2.88. The van der Waals surface area contributed by atoms with Crippen LogP contribution < -0.4 is 19.9 Å². The lowest BCUT2D eigenvalue weighted by Gasteiger charge is -2.12. The van der Waals surface area contributed by atoms with Gasteiger partial charge in [-0.15, -0.1) is 0 Å². The van der Waals surface area contributed by atoms with E-state index in [1.54, 1.807) is 30.5 Å². The van der Waals surface area contributed by atoms with Gasteiger partial charge in [-0.05, 0) is 51.1 Å². The second-order valence-corrected chi connectivity index (χ2v) is 6.32. The van der Waals surface area contributed by atoms with Crippen molar-refractivity contribution in [1.29, 1.82) is 0 Å². The molecule has 0 unspecified atom stereocenters. The summed E-state index contributed by atoms with van der Waals surface area (Å²) in [6, 6.07) is 10.8. The summed E-state index contributed by atoms with van der Waals surface area (Å²) in [5.41, 5.74) is 1.74. The fourth-order valence-corrected chi connectivity index (χ4v) is 3.12. The minimum atomic E-state index is -0.283. The number of ether oxygens (including phenoxy) is 3. The Morgan fingerprint density at radius 1 is 0.929 bits per heavy atom. The highest BCUT2D eigenvalue weighted by Crippen LogP contribution is 2.31. The van der Waals surface area contributed by atoms with Gasteiger partial charge in [-0.3, -0.25) is 4.57 Å². The average Bonchev–Trinajstić information content (AvgIpc) is 3.07. The van der Waals surface area contributed by atoms with Gasteiger partial charge >= 0.3 is 5.69 Å². The van der Waals surface area contributed by atoms with E-state index in [1.807, 2.05) is 32.9 Å². The van der Waals surface area contributed by atoms with Gasteiger partial charge in [0.05, 0.1) is 36.2 Å². The van der Waals surface area contributed by atoms with Crippen LogP contribution in [0.1, 0.15) is 20.8 Å². The van der Waals surface area contributed by atoms with Crippen LogP contribution in [0.2, 0.25) is 5.02 Å². The molecule has 0 radical (unpaired) electrons. The first-order valence-corrected chi connectivity index (χ1v) is 9.59. The molecule has 0 atom stereocenters. The van der Waals surface area contributed by atoms with Gasteiger partial charge in [-0.2, -0.15) is 0 Å². The van der Waals surface area contributed by atoms with Gasteiger partial charge in [0.15, 0.2) is 0 Å². The van der Waals surface area contributed by atoms with Crippen LogP contribution in [-0.2, 0) is 0 Å². The number of aromatic nitrogens is 2. The Balaban J connectivity index is 2.04. The van der Waals surface area contributed by atoms with E-state index in [4.69, 9.17) is 25.8 Å². The number of nitrogens with one attached hydrogen (secondary N) is 1. The summed E-state index contributed by atoms with van der Waals surface area (Å²) in [4.78, 5) is 15.5. The standard InChI is InChI=1S/C21H23ClN2O4/c1-4-26-15-8-10-20(28-6-3)18(12-15)24-13-17(23-21(24)25)14-7-9-19(27-5-2)16(22)11-14/h7-13H,4-6H2,1-3H3,(H,23,25). The van der Waals surface area contributed by atoms with Crippen molar-refractivity contribution in [3.05, 3.63) is 58.1 Å². The third-order valence-corrected chi connectivity index (χ3v) is 4.36. The highest BCUT2D eigenvalue weighted by Gasteiger charge is 2.14. The highest BCUT2D eigenvalue weighted by molar-refractivity contribution is 6.32. The molecule has 7 heteroatoms. The van der Waals surface area contributed by atoms with Crippen LogP contribution in [0.3, 0.4) is 0 Å². The molecule has 0 bridgehead atoms. The molecule has 3 rings (SSSR count). The van der Waals surface area contributed by atoms with Crippen molar-refractivity contribution >= 4 is 11.6 Å². The van der Waals surface area contributed by atoms with E-state index in [0.717, 1.165) is 5.56 Å². The largest absolute Gasteiger partial charge is 0.494 e. The topological polar surface area (TPSA) is 65.5 Å². The van der Waals surface area contributed by atoms with Crippen molar-refractivity contribution in [2.24, 2.45) is 0 Å². The van der Waals surface area contributed by atoms with Crippen LogP contribution >= 0.6 is 11.6 Å². The van der Waals surface area contributed by atoms with Crippen molar-refractivity contribution in [3.8, 4) is 34.2 Å². The van der Waals surface area contributed by atoms with E-state index in [2.05, 4.69) is 4.98 Å². The van der Waals surface area contributed by atoms with E-state index in [0.29, 0.717) is 53.5 Å². The molecular weight excluding hydrogens is 380 g/mol. The average molecular weight is 403 g/mol. The Kier molecular flexibility index (Phi) is 6.31. The first-order valence-electron chi connectivity index (χ1n) is 9.21. The molecule has 0 fully saturated rings. The molecule has 0 spiro atoms. The summed E-state index contributed by atoms with van der Waals surface area (Å²) in [5.74, 6) is 1.88. The SMILES string of the molecule is CCOc1ccc(OCC)c(-n2cc(-c3ccc(OCC)c(Cl)c3)[nH]c2=O)c1. The van der Waals surface area contributed by atoms with E-state index < -0.39 is 0 Å². The number of hydrogen-bond donors (Lipinski definition) is 1. The zero-order chi connectivity index (χ0) is 20.1. The number of hydrogen-bond acceptors (Lipinski definition) is 4. The smallest absolute Gasteiger partial charge is 0.330 e. The van der Waals surface area contributed by atoms with E-state index in [-0.39, 0.29) is 5.69 Å². The number of H-pyrrole nitrogens is 1. The monoisotopic (exact) mass is 402 g/mol. The third kappa shape index (κ3) is 4.17. The zero-order valence-electron chi connectivity index (χ0n) is 16.1. The molecule has 0 saturated carbocycles. The maximum absolute atomic E-state index is 12.6. The Morgan fingerprint density at radius 2 is 1.61 bits per heavy atom. The molecule has 0 aliphatic heterocycles. The lowest BCUT2D eigenvalue weighted by Crippen LogP contribution is -2.15. The van der Waals surface area contributed by atoms with Gasteiger partial charge in [-0.25, -0.2) is 4.79 Å². The molecule has 6 nitrogen and oxygen atoms in total. The molecular formula is C21H23ClN2O4. The second kappa shape index (κ2) is 8.89. The summed E-state index contributed by atoms with van der Waals surface area (Å²) >= 11 is 6.28. The van der Waals surface area contributed by atoms with Crippen LogP contribution in [0.25, 0.3) is 16.9 Å². The van der Waals surface area contributed by atoms with Gasteiger partial charge < -0.3 is 19.2 Å². The summed E-state index contributed by atoms with van der Waals surface area (Å²) < 4.78 is 18.2. The number of imidazole rings is 1. The molecule has 2 aromatic carbocycles. The first kappa shape index (κ1) is 19.9. The van der Waals surface area contributed by atoms with Crippen molar-refractivity contribution < 1.29 is 14.2 Å². The summed E-state index contributed by atoms with van der Waals surface area (Å²) in [7, 11) is 0. The second-order valence-electron chi connectivity index (χ2n) is 5.92. The predicted molar refractivity (Wildman–Crippen MR) is 110 cm³/mol. The number of aromatic amines is 1. The van der Waals surface area contributed by atoms with E-state index in [9.17, 15) is 4.79 Å². The maximum Gasteiger partial charge on any atom is 0.330 e. The van der Waals surface area contributed by atoms with Crippen LogP contribution in [0.15, 0.2) is 47.4 Å². The predicted octanol–water partition coefficient (Wildman–Crippen LogP) is 4.68. The van der Waals surface area contributed by atoms with Crippen LogP contribution in [0.5, 0.6) is 17.2 Å². The van der Waals surface area contributed by atoms with E-state index in [1.165, 1.54) is 4.57 Å². The van der Waals surface area contributed by atoms with Gasteiger partial charge in [0, 0.05) is 17.8 Å². The molecule has 28 heavy (non-hydrogen) atoms. The van der Waals surface area contributed by atoms with Crippen LogP contribution in [0.4, 0.5) is 0 Å². The molecule has 148 valence electrons. The molecule has 1 aromatic heterocycles. The maximum atomic E-state index is 12.6. The van der Waals surface area contributed by atoms with Gasteiger partial charge in [-0.1, -0.05) is 11.6 Å². The van der Waals surface area contributed by atoms with Crippen LogP contribution in [0, 0.1) is 0 Å². The highest BCUT2D eigenvalue weighted by atomic mass is 35.5. The molecule has 3 aromatic rings. The third-order valence-electron chi connectivity index (χ3n) is 4.06. The number of rotatable bonds is 8. The van der Waals surface area contributed by atoms with Crippen molar-refractivity contribution in [2.75, 3.05) is 19.8 Å². The van der Waals surface area contributed by atoms with E-state index >= 15 is 0 Å². The number of nitrogens with zero attached hydrogens (tertiary/aromatic N) is 1. The fraction of sp³-hybridized carbons (Fsp3) is 0.286. The molecule has 0 saturated heterocycles. The van der Waals surface area contributed by atoms with Crippen molar-refractivity contribution in [2.45, 2.75) is 20.8 Å². The Labute approximate surface area is 168 Å². The quantitative estimate of drug-likeness (QED) is 0.594.